The molecule has 0 aliphatic rings. The number of aromatic nitrogens is 4. The van der Waals surface area contributed by atoms with Gasteiger partial charge < -0.3 is 10.1 Å². The molecule has 6 nitrogen and oxygen atoms in total. The van der Waals surface area contributed by atoms with Crippen molar-refractivity contribution in [3.05, 3.63) is 30.1 Å². The van der Waals surface area contributed by atoms with Crippen LogP contribution < -0.4 is 5.32 Å². The topological polar surface area (TPSA) is 64.9 Å². The van der Waals surface area contributed by atoms with E-state index in [0.29, 0.717) is 19.0 Å². The molecule has 0 saturated heterocycles. The van der Waals surface area contributed by atoms with Gasteiger partial charge in [-0.25, -0.2) is 15.0 Å². The van der Waals surface area contributed by atoms with Crippen LogP contribution in [0.15, 0.2) is 18.5 Å². The van der Waals surface area contributed by atoms with Crippen LogP contribution >= 0.6 is 0 Å². The van der Waals surface area contributed by atoms with Gasteiger partial charge >= 0.3 is 0 Å². The maximum Gasteiger partial charge on any atom is 0.158 e. The number of nitrogens with one attached hydrogen (secondary N) is 1. The van der Waals surface area contributed by atoms with E-state index in [1.807, 2.05) is 30.7 Å². The van der Waals surface area contributed by atoms with E-state index in [4.69, 9.17) is 4.74 Å². The third-order valence-electron chi connectivity index (χ3n) is 2.82. The van der Waals surface area contributed by atoms with Gasteiger partial charge in [-0.15, -0.1) is 0 Å². The zero-order chi connectivity index (χ0) is 14.4. The maximum absolute atomic E-state index is 5.40. The summed E-state index contributed by atoms with van der Waals surface area (Å²) in [7, 11) is 0. The van der Waals surface area contributed by atoms with Crippen LogP contribution in [0, 0.1) is 6.92 Å². The Balaban J connectivity index is 2.32. The molecule has 0 atom stereocenters. The lowest BCUT2D eigenvalue weighted by Gasteiger charge is -2.11. The molecule has 1 N–H and O–H groups in total. The maximum atomic E-state index is 5.40. The van der Waals surface area contributed by atoms with Crippen LogP contribution in [0.3, 0.4) is 0 Å². The SMILES string of the molecule is CCCNc1cc(-n2ccnc2C)nc(COCC)n1. The average Bonchev–Trinajstić information content (AvgIpc) is 2.89. The Morgan fingerprint density at radius 3 is 2.80 bits per heavy atom. The van der Waals surface area contributed by atoms with Crippen molar-refractivity contribution in [1.29, 1.82) is 0 Å². The standard InChI is InChI=1S/C14H21N5O/c1-4-6-16-12-9-14(19-8-7-15-11(19)3)18-13(17-12)10-20-5-2/h7-9H,4-6,10H2,1-3H3,(H,16,17,18). The van der Waals surface area contributed by atoms with Gasteiger partial charge in [-0.3, -0.25) is 4.57 Å². The Kier molecular flexibility index (Phi) is 5.06. The van der Waals surface area contributed by atoms with Gasteiger partial charge in [0.1, 0.15) is 24.1 Å². The second-order valence-corrected chi connectivity index (χ2v) is 4.44. The first-order chi connectivity index (χ1) is 9.74. The van der Waals surface area contributed by atoms with Crippen molar-refractivity contribution >= 4 is 5.82 Å². The highest BCUT2D eigenvalue weighted by molar-refractivity contribution is 5.42. The van der Waals surface area contributed by atoms with Crippen molar-refractivity contribution < 1.29 is 4.74 Å². The molecule has 0 bridgehead atoms. The summed E-state index contributed by atoms with van der Waals surface area (Å²) in [6, 6.07) is 1.93. The molecular formula is C14H21N5O. The lowest BCUT2D eigenvalue weighted by atomic mass is 10.4. The first-order valence-electron chi connectivity index (χ1n) is 6.94. The normalized spacial score (nSPS) is 10.8. The van der Waals surface area contributed by atoms with Gasteiger partial charge in [0, 0.05) is 31.6 Å². The molecule has 2 aromatic rings. The molecule has 0 aliphatic carbocycles. The van der Waals surface area contributed by atoms with Crippen molar-refractivity contribution in [2.45, 2.75) is 33.8 Å². The molecule has 0 fully saturated rings. The van der Waals surface area contributed by atoms with E-state index in [2.05, 4.69) is 27.2 Å². The molecule has 0 radical (unpaired) electrons. The summed E-state index contributed by atoms with van der Waals surface area (Å²) < 4.78 is 7.34. The van der Waals surface area contributed by atoms with Crippen molar-refractivity contribution in [2.24, 2.45) is 0 Å². The quantitative estimate of drug-likeness (QED) is 0.840. The molecule has 0 aliphatic heterocycles. The molecule has 0 aromatic carbocycles. The summed E-state index contributed by atoms with van der Waals surface area (Å²) in [4.78, 5) is 13.2. The predicted molar refractivity (Wildman–Crippen MR) is 78.0 cm³/mol. The number of hydrogen-bond donors (Lipinski definition) is 1. The highest BCUT2D eigenvalue weighted by Crippen LogP contribution is 2.13. The van der Waals surface area contributed by atoms with Crippen LogP contribution in [0.25, 0.3) is 5.82 Å². The largest absolute Gasteiger partial charge is 0.374 e. The molecule has 0 spiro atoms. The smallest absolute Gasteiger partial charge is 0.158 e. The van der Waals surface area contributed by atoms with Crippen molar-refractivity contribution in [1.82, 2.24) is 19.5 Å². The first-order valence-corrected chi connectivity index (χ1v) is 6.94. The van der Waals surface area contributed by atoms with Gasteiger partial charge in [-0.2, -0.15) is 0 Å². The molecule has 20 heavy (non-hydrogen) atoms. The summed E-state index contributed by atoms with van der Waals surface area (Å²) in [6.07, 6.45) is 4.70. The summed E-state index contributed by atoms with van der Waals surface area (Å²) >= 11 is 0. The minimum atomic E-state index is 0.416. The van der Waals surface area contributed by atoms with Crippen molar-refractivity contribution in [3.8, 4) is 5.82 Å². The number of imidazole rings is 1. The molecule has 0 saturated carbocycles. The summed E-state index contributed by atoms with van der Waals surface area (Å²) in [5.74, 6) is 3.20. The monoisotopic (exact) mass is 275 g/mol. The van der Waals surface area contributed by atoms with Crippen molar-refractivity contribution in [2.75, 3.05) is 18.5 Å². The number of anilines is 1. The Labute approximate surface area is 119 Å². The summed E-state index contributed by atoms with van der Waals surface area (Å²) in [6.45, 7) is 7.97. The zero-order valence-corrected chi connectivity index (χ0v) is 12.3. The van der Waals surface area contributed by atoms with E-state index in [1.54, 1.807) is 6.20 Å². The number of aryl methyl sites for hydroxylation is 1. The highest BCUT2D eigenvalue weighted by atomic mass is 16.5. The first kappa shape index (κ1) is 14.5. The lowest BCUT2D eigenvalue weighted by molar-refractivity contribution is 0.128. The van der Waals surface area contributed by atoms with Crippen LogP contribution in [-0.2, 0) is 11.3 Å². The van der Waals surface area contributed by atoms with Crippen molar-refractivity contribution in [3.63, 3.8) is 0 Å². The van der Waals surface area contributed by atoms with Gasteiger partial charge in [-0.05, 0) is 20.3 Å². The van der Waals surface area contributed by atoms with E-state index in [9.17, 15) is 0 Å². The van der Waals surface area contributed by atoms with E-state index in [-0.39, 0.29) is 0 Å². The molecule has 0 unspecified atom stereocenters. The van der Waals surface area contributed by atoms with E-state index in [1.165, 1.54) is 0 Å². The Bertz CT molecular complexity index is 526. The van der Waals surface area contributed by atoms with Gasteiger partial charge in [-0.1, -0.05) is 6.92 Å². The molecule has 2 rings (SSSR count). The number of hydrogen-bond acceptors (Lipinski definition) is 5. The highest BCUT2D eigenvalue weighted by Gasteiger charge is 2.08. The molecule has 2 heterocycles. The molecule has 0 amide bonds. The molecule has 6 heteroatoms. The molecule has 2 aromatic heterocycles. The van der Waals surface area contributed by atoms with Gasteiger partial charge in [0.2, 0.25) is 0 Å². The second kappa shape index (κ2) is 7.00. The Morgan fingerprint density at radius 1 is 1.30 bits per heavy atom. The van der Waals surface area contributed by atoms with Gasteiger partial charge in [0.25, 0.3) is 0 Å². The van der Waals surface area contributed by atoms with Crippen LogP contribution in [0.5, 0.6) is 0 Å². The number of nitrogens with zero attached hydrogens (tertiary/aromatic N) is 4. The Hall–Kier alpha value is -1.95. The van der Waals surface area contributed by atoms with Crippen LogP contribution in [0.2, 0.25) is 0 Å². The minimum Gasteiger partial charge on any atom is -0.374 e. The van der Waals surface area contributed by atoms with Crippen LogP contribution in [0.4, 0.5) is 5.82 Å². The summed E-state index contributed by atoms with van der Waals surface area (Å²) in [5.41, 5.74) is 0. The fourth-order valence-corrected chi connectivity index (χ4v) is 1.83. The van der Waals surface area contributed by atoms with E-state index < -0.39 is 0 Å². The van der Waals surface area contributed by atoms with Crippen LogP contribution in [-0.4, -0.2) is 32.7 Å². The van der Waals surface area contributed by atoms with Gasteiger partial charge in [0.15, 0.2) is 5.82 Å². The van der Waals surface area contributed by atoms with Crippen LogP contribution in [0.1, 0.15) is 31.9 Å². The lowest BCUT2D eigenvalue weighted by Crippen LogP contribution is -2.10. The average molecular weight is 275 g/mol. The van der Waals surface area contributed by atoms with E-state index in [0.717, 1.165) is 30.4 Å². The Morgan fingerprint density at radius 2 is 2.15 bits per heavy atom. The van der Waals surface area contributed by atoms with Gasteiger partial charge in [0.05, 0.1) is 0 Å². The third-order valence-corrected chi connectivity index (χ3v) is 2.82. The predicted octanol–water partition coefficient (Wildman–Crippen LogP) is 2.33. The zero-order valence-electron chi connectivity index (χ0n) is 12.3. The second-order valence-electron chi connectivity index (χ2n) is 4.44. The number of rotatable bonds is 7. The number of ether oxygens (including phenoxy) is 1. The van der Waals surface area contributed by atoms with E-state index >= 15 is 0 Å². The minimum absolute atomic E-state index is 0.416. The molecule has 108 valence electrons. The summed E-state index contributed by atoms with van der Waals surface area (Å²) in [5, 5.41) is 3.29. The fourth-order valence-electron chi connectivity index (χ4n) is 1.83. The fraction of sp³-hybridized carbons (Fsp3) is 0.500. The molecular weight excluding hydrogens is 254 g/mol. The third kappa shape index (κ3) is 3.54.